The largest absolute Gasteiger partial charge is 0.477 e. The fourth-order valence-electron chi connectivity index (χ4n) is 1.84. The zero-order valence-electron chi connectivity index (χ0n) is 12.0. The molecule has 0 heterocycles. The predicted molar refractivity (Wildman–Crippen MR) is 85.7 cm³/mol. The van der Waals surface area contributed by atoms with Crippen LogP contribution in [-0.2, 0) is 4.79 Å². The molecule has 0 saturated heterocycles. The number of nitrogens with one attached hydrogen (secondary N) is 1. The minimum absolute atomic E-state index is 0.233. The molecule has 5 nitrogen and oxygen atoms in total. The van der Waals surface area contributed by atoms with Gasteiger partial charge in [-0.15, -0.1) is 0 Å². The number of nitrogens with two attached hydrogens (primary N) is 1. The molecule has 0 radical (unpaired) electrons. The summed E-state index contributed by atoms with van der Waals surface area (Å²) in [5.41, 5.74) is 7.81. The van der Waals surface area contributed by atoms with E-state index in [0.29, 0.717) is 16.9 Å². The lowest BCUT2D eigenvalue weighted by Gasteiger charge is -2.09. The molecule has 0 atom stereocenters. The molecule has 0 saturated carbocycles. The van der Waals surface area contributed by atoms with Gasteiger partial charge < -0.3 is 16.2 Å². The van der Waals surface area contributed by atoms with E-state index in [4.69, 9.17) is 5.73 Å². The zero-order chi connectivity index (χ0) is 16.1. The van der Waals surface area contributed by atoms with Crippen LogP contribution in [0.5, 0.6) is 0 Å². The highest BCUT2D eigenvalue weighted by Crippen LogP contribution is 2.19. The Morgan fingerprint density at radius 2 is 1.73 bits per heavy atom. The molecule has 2 aromatic rings. The number of benzene rings is 2. The van der Waals surface area contributed by atoms with Crippen LogP contribution >= 0.6 is 0 Å². The van der Waals surface area contributed by atoms with Crippen LogP contribution in [0.2, 0.25) is 0 Å². The molecule has 0 aliphatic heterocycles. The monoisotopic (exact) mass is 296 g/mol. The van der Waals surface area contributed by atoms with Crippen LogP contribution in [-0.4, -0.2) is 16.9 Å². The molecular weight excluding hydrogens is 280 g/mol. The van der Waals surface area contributed by atoms with E-state index < -0.39 is 5.97 Å². The van der Waals surface area contributed by atoms with E-state index in [1.807, 2.05) is 6.92 Å². The van der Waals surface area contributed by atoms with Crippen molar-refractivity contribution in [2.45, 2.75) is 6.92 Å². The van der Waals surface area contributed by atoms with E-state index in [1.165, 1.54) is 0 Å². The summed E-state index contributed by atoms with van der Waals surface area (Å²) in [4.78, 5) is 23.4. The maximum absolute atomic E-state index is 12.1. The van der Waals surface area contributed by atoms with Gasteiger partial charge in [0.25, 0.3) is 0 Å². The number of hydrogen-bond acceptors (Lipinski definition) is 4. The molecule has 0 unspecified atom stereocenters. The second kappa shape index (κ2) is 6.58. The molecule has 0 aliphatic carbocycles. The molecular formula is C17H16N2O3. The second-order valence-corrected chi connectivity index (χ2v) is 4.81. The van der Waals surface area contributed by atoms with Gasteiger partial charge in [-0.1, -0.05) is 42.0 Å². The molecule has 0 aromatic heterocycles. The van der Waals surface area contributed by atoms with Crippen molar-refractivity contribution in [1.82, 2.24) is 0 Å². The van der Waals surface area contributed by atoms with Crippen LogP contribution < -0.4 is 11.1 Å². The highest BCUT2D eigenvalue weighted by atomic mass is 16.4. The Bertz CT molecular complexity index is 734. The Balaban J connectivity index is 2.27. The molecule has 112 valence electrons. The van der Waals surface area contributed by atoms with E-state index in [0.717, 1.165) is 11.6 Å². The van der Waals surface area contributed by atoms with Crippen molar-refractivity contribution in [3.8, 4) is 0 Å². The molecule has 4 N–H and O–H groups in total. The van der Waals surface area contributed by atoms with Gasteiger partial charge in [0.1, 0.15) is 5.70 Å². The van der Waals surface area contributed by atoms with Crippen molar-refractivity contribution in [1.29, 1.82) is 0 Å². The minimum atomic E-state index is -1.23. The Morgan fingerprint density at radius 3 is 2.32 bits per heavy atom. The van der Waals surface area contributed by atoms with Crippen LogP contribution in [0.4, 0.5) is 11.4 Å². The molecule has 0 amide bonds. The first-order valence-corrected chi connectivity index (χ1v) is 6.65. The number of anilines is 2. The third kappa shape index (κ3) is 3.73. The summed E-state index contributed by atoms with van der Waals surface area (Å²) in [7, 11) is 0. The average Bonchev–Trinajstić information content (AvgIpc) is 2.49. The number of aliphatic carboxylic acids is 1. The van der Waals surface area contributed by atoms with Gasteiger partial charge in [-0.25, -0.2) is 4.79 Å². The van der Waals surface area contributed by atoms with Crippen molar-refractivity contribution in [3.63, 3.8) is 0 Å². The van der Waals surface area contributed by atoms with E-state index in [-0.39, 0.29) is 11.5 Å². The van der Waals surface area contributed by atoms with E-state index in [1.54, 1.807) is 48.5 Å². The zero-order valence-corrected chi connectivity index (χ0v) is 12.0. The lowest BCUT2D eigenvalue weighted by atomic mass is 10.1. The molecule has 2 rings (SSSR count). The molecule has 0 fully saturated rings. The molecule has 5 heteroatoms. The van der Waals surface area contributed by atoms with E-state index in [2.05, 4.69) is 5.32 Å². The number of carbonyl (C=O) groups excluding carboxylic acids is 1. The predicted octanol–water partition coefficient (Wildman–Crippen LogP) is 2.84. The fraction of sp³-hybridized carbons (Fsp3) is 0.0588. The number of para-hydroxylation sites is 2. The number of carbonyl (C=O) groups is 2. The van der Waals surface area contributed by atoms with Crippen LogP contribution in [0, 0.1) is 6.92 Å². The molecule has 2 aromatic carbocycles. The van der Waals surface area contributed by atoms with Crippen molar-refractivity contribution in [2.24, 2.45) is 0 Å². The van der Waals surface area contributed by atoms with Gasteiger partial charge in [0.05, 0.1) is 11.4 Å². The Hall–Kier alpha value is -3.08. The number of carboxylic acid groups (broad SMARTS) is 1. The van der Waals surface area contributed by atoms with Gasteiger partial charge in [0, 0.05) is 11.6 Å². The first-order valence-electron chi connectivity index (χ1n) is 6.65. The average molecular weight is 296 g/mol. The SMILES string of the molecule is Cc1ccc(C(=O)/C=C(\Nc2ccccc2N)C(=O)O)cc1. The number of carboxylic acids is 1. The van der Waals surface area contributed by atoms with Crippen molar-refractivity contribution in [2.75, 3.05) is 11.1 Å². The van der Waals surface area contributed by atoms with E-state index >= 15 is 0 Å². The van der Waals surface area contributed by atoms with Gasteiger partial charge >= 0.3 is 5.97 Å². The quantitative estimate of drug-likeness (QED) is 0.448. The summed E-state index contributed by atoms with van der Waals surface area (Å²) in [6, 6.07) is 13.7. The number of allylic oxidation sites excluding steroid dienone is 1. The highest BCUT2D eigenvalue weighted by molar-refractivity contribution is 6.09. The normalized spacial score (nSPS) is 11.0. The number of ketones is 1. The number of rotatable bonds is 5. The summed E-state index contributed by atoms with van der Waals surface area (Å²) in [6.07, 6.45) is 1.06. The van der Waals surface area contributed by atoms with Crippen LogP contribution in [0.15, 0.2) is 60.3 Å². The Kier molecular flexibility index (Phi) is 4.58. The van der Waals surface area contributed by atoms with Gasteiger partial charge in [0.15, 0.2) is 5.78 Å². The summed E-state index contributed by atoms with van der Waals surface area (Å²) < 4.78 is 0. The number of hydrogen-bond donors (Lipinski definition) is 3. The van der Waals surface area contributed by atoms with Crippen molar-refractivity contribution in [3.05, 3.63) is 71.4 Å². The standard InChI is InChI=1S/C17H16N2O3/c1-11-6-8-12(9-7-11)16(20)10-15(17(21)22)19-14-5-3-2-4-13(14)18/h2-10,19H,18H2,1H3,(H,21,22)/b15-10-. The Morgan fingerprint density at radius 1 is 1.09 bits per heavy atom. The third-order valence-electron chi connectivity index (χ3n) is 3.07. The summed E-state index contributed by atoms with van der Waals surface area (Å²) in [5.74, 6) is -1.62. The summed E-state index contributed by atoms with van der Waals surface area (Å²) in [6.45, 7) is 1.91. The molecule has 0 aliphatic rings. The topological polar surface area (TPSA) is 92.4 Å². The summed E-state index contributed by atoms with van der Waals surface area (Å²) in [5, 5.41) is 11.9. The summed E-state index contributed by atoms with van der Waals surface area (Å²) >= 11 is 0. The lowest BCUT2D eigenvalue weighted by Crippen LogP contribution is -2.13. The Labute approximate surface area is 128 Å². The van der Waals surface area contributed by atoms with Crippen LogP contribution in [0.25, 0.3) is 0 Å². The maximum atomic E-state index is 12.1. The number of nitrogen functional groups attached to an aromatic ring is 1. The number of aryl methyl sites for hydroxylation is 1. The second-order valence-electron chi connectivity index (χ2n) is 4.81. The van der Waals surface area contributed by atoms with Gasteiger partial charge in [-0.05, 0) is 19.1 Å². The van der Waals surface area contributed by atoms with Crippen LogP contribution in [0.1, 0.15) is 15.9 Å². The highest BCUT2D eigenvalue weighted by Gasteiger charge is 2.12. The van der Waals surface area contributed by atoms with E-state index in [9.17, 15) is 14.7 Å². The van der Waals surface area contributed by atoms with Crippen LogP contribution in [0.3, 0.4) is 0 Å². The molecule has 22 heavy (non-hydrogen) atoms. The smallest absolute Gasteiger partial charge is 0.352 e. The van der Waals surface area contributed by atoms with Gasteiger partial charge in [-0.2, -0.15) is 0 Å². The van der Waals surface area contributed by atoms with Crippen molar-refractivity contribution < 1.29 is 14.7 Å². The molecule has 0 bridgehead atoms. The lowest BCUT2D eigenvalue weighted by molar-refractivity contribution is -0.132. The fourth-order valence-corrected chi connectivity index (χ4v) is 1.84. The first kappa shape index (κ1) is 15.3. The van der Waals surface area contributed by atoms with Crippen molar-refractivity contribution >= 4 is 23.1 Å². The maximum Gasteiger partial charge on any atom is 0.352 e. The van der Waals surface area contributed by atoms with Gasteiger partial charge in [-0.3, -0.25) is 4.79 Å². The molecule has 0 spiro atoms. The third-order valence-corrected chi connectivity index (χ3v) is 3.07. The minimum Gasteiger partial charge on any atom is -0.477 e. The first-order chi connectivity index (χ1) is 10.5. The van der Waals surface area contributed by atoms with Gasteiger partial charge in [0.2, 0.25) is 0 Å².